The van der Waals surface area contributed by atoms with E-state index in [0.29, 0.717) is 17.7 Å². The molecule has 1 fully saturated rings. The lowest BCUT2D eigenvalue weighted by Gasteiger charge is -2.28. The third-order valence-corrected chi connectivity index (χ3v) is 7.42. The molecule has 1 aliphatic rings. The summed E-state index contributed by atoms with van der Waals surface area (Å²) < 4.78 is 4.38. The Morgan fingerprint density at radius 1 is 1.21 bits per heavy atom. The quantitative estimate of drug-likeness (QED) is 0.591. The minimum Gasteiger partial charge on any atom is -0.342 e. The summed E-state index contributed by atoms with van der Waals surface area (Å²) in [5.74, 6) is 1.93. The topological polar surface area (TPSA) is 102 Å². The maximum atomic E-state index is 12.7. The van der Waals surface area contributed by atoms with Crippen molar-refractivity contribution in [3.05, 3.63) is 25.8 Å². The van der Waals surface area contributed by atoms with E-state index in [1.165, 1.54) is 11.0 Å². The van der Waals surface area contributed by atoms with Gasteiger partial charge in [-0.15, -0.1) is 10.2 Å². The van der Waals surface area contributed by atoms with E-state index in [-0.39, 0.29) is 11.5 Å². The number of piperidine rings is 1. The van der Waals surface area contributed by atoms with E-state index in [1.807, 2.05) is 11.5 Å². The maximum absolute atomic E-state index is 12.7. The summed E-state index contributed by atoms with van der Waals surface area (Å²) in [6.07, 6.45) is 3.44. The van der Waals surface area contributed by atoms with Crippen molar-refractivity contribution in [2.45, 2.75) is 44.0 Å². The number of H-pyrrole nitrogens is 1. The van der Waals surface area contributed by atoms with E-state index in [4.69, 9.17) is 4.98 Å². The minimum absolute atomic E-state index is 0.279. The molecule has 156 valence electrons. The van der Waals surface area contributed by atoms with E-state index in [1.54, 1.807) is 30.1 Å². The van der Waals surface area contributed by atoms with Crippen LogP contribution >= 0.6 is 23.1 Å². The molecule has 3 aromatic heterocycles. The second-order valence-electron chi connectivity index (χ2n) is 7.56. The molecule has 9 nitrogen and oxygen atoms in total. The Bertz CT molecular complexity index is 1120. The molecule has 11 heteroatoms. The maximum Gasteiger partial charge on any atom is 0.329 e. The fraction of sp³-hybridized carbons (Fsp3) is 0.611. The van der Waals surface area contributed by atoms with Crippen molar-refractivity contribution < 1.29 is 0 Å². The zero-order chi connectivity index (χ0) is 20.5. The van der Waals surface area contributed by atoms with E-state index in [0.717, 1.165) is 47.0 Å². The standard InChI is InChI=1S/C18H25N7O2S2/c1-11(10-28-18-22-21-12(2)29-18)9-25-13-14(23(3)17(27)20-15(13)26)19-16(25)24-7-5-4-6-8-24/h11H,4-10H2,1-3H3,(H,20,26,27)/t11-/m0/s1. The second-order valence-corrected chi connectivity index (χ2v) is 10.0. The van der Waals surface area contributed by atoms with Gasteiger partial charge in [0.15, 0.2) is 15.5 Å². The molecule has 0 spiro atoms. The SMILES string of the molecule is Cc1nnc(SC[C@@H](C)Cn2c(N3CCCCC3)nc3c2c(=O)[nH]c(=O)n3C)s1. The lowest BCUT2D eigenvalue weighted by atomic mass is 10.1. The van der Waals surface area contributed by atoms with Crippen molar-refractivity contribution in [2.75, 3.05) is 23.7 Å². The van der Waals surface area contributed by atoms with Gasteiger partial charge in [-0.05, 0) is 32.1 Å². The van der Waals surface area contributed by atoms with Gasteiger partial charge in [-0.25, -0.2) is 4.79 Å². The Morgan fingerprint density at radius 3 is 2.66 bits per heavy atom. The highest BCUT2D eigenvalue weighted by atomic mass is 32.2. The van der Waals surface area contributed by atoms with Gasteiger partial charge in [0, 0.05) is 32.4 Å². The van der Waals surface area contributed by atoms with Crippen LogP contribution in [-0.4, -0.2) is 48.1 Å². The largest absolute Gasteiger partial charge is 0.342 e. The molecule has 0 amide bonds. The van der Waals surface area contributed by atoms with Gasteiger partial charge in [0.05, 0.1) is 0 Å². The molecule has 0 aliphatic carbocycles. The molecule has 4 rings (SSSR count). The van der Waals surface area contributed by atoms with Gasteiger partial charge in [-0.1, -0.05) is 30.0 Å². The number of aromatic amines is 1. The third-order valence-electron chi connectivity index (χ3n) is 5.12. The normalized spacial score (nSPS) is 15.9. The van der Waals surface area contributed by atoms with Gasteiger partial charge in [0.25, 0.3) is 5.56 Å². The lowest BCUT2D eigenvalue weighted by molar-refractivity contribution is 0.514. The molecular formula is C18H25N7O2S2. The second kappa shape index (κ2) is 8.31. The molecule has 1 N–H and O–H groups in total. The van der Waals surface area contributed by atoms with Crippen LogP contribution in [0.25, 0.3) is 11.2 Å². The molecule has 29 heavy (non-hydrogen) atoms. The van der Waals surface area contributed by atoms with Crippen LogP contribution < -0.4 is 16.1 Å². The molecule has 0 saturated carbocycles. The monoisotopic (exact) mass is 435 g/mol. The molecule has 0 bridgehead atoms. The Morgan fingerprint density at radius 2 is 1.97 bits per heavy atom. The van der Waals surface area contributed by atoms with Crippen LogP contribution in [-0.2, 0) is 13.6 Å². The third kappa shape index (κ3) is 4.11. The summed E-state index contributed by atoms with van der Waals surface area (Å²) in [5.41, 5.74) is 0.0984. The van der Waals surface area contributed by atoms with Crippen LogP contribution in [0.2, 0.25) is 0 Å². The highest BCUT2D eigenvalue weighted by Crippen LogP contribution is 2.27. The van der Waals surface area contributed by atoms with Crippen LogP contribution in [0.15, 0.2) is 13.9 Å². The van der Waals surface area contributed by atoms with E-state index in [2.05, 4.69) is 27.0 Å². The van der Waals surface area contributed by atoms with Crippen molar-refractivity contribution in [2.24, 2.45) is 13.0 Å². The van der Waals surface area contributed by atoms with E-state index in [9.17, 15) is 9.59 Å². The smallest absolute Gasteiger partial charge is 0.329 e. The minimum atomic E-state index is -0.437. The highest BCUT2D eigenvalue weighted by Gasteiger charge is 2.24. The fourth-order valence-electron chi connectivity index (χ4n) is 3.65. The van der Waals surface area contributed by atoms with Crippen LogP contribution in [0.3, 0.4) is 0 Å². The molecule has 0 unspecified atom stereocenters. The molecule has 0 aromatic carbocycles. The Labute approximate surface area is 176 Å². The van der Waals surface area contributed by atoms with Crippen LogP contribution in [0, 0.1) is 12.8 Å². The van der Waals surface area contributed by atoms with E-state index < -0.39 is 5.69 Å². The van der Waals surface area contributed by atoms with Crippen LogP contribution in [0.5, 0.6) is 0 Å². The summed E-state index contributed by atoms with van der Waals surface area (Å²) in [6, 6.07) is 0. The van der Waals surface area contributed by atoms with Crippen molar-refractivity contribution in [1.82, 2.24) is 29.3 Å². The summed E-state index contributed by atoms with van der Waals surface area (Å²) >= 11 is 3.28. The first-order valence-corrected chi connectivity index (χ1v) is 11.6. The number of aromatic nitrogens is 6. The van der Waals surface area contributed by atoms with Gasteiger partial charge in [0.2, 0.25) is 5.95 Å². The van der Waals surface area contributed by atoms with Gasteiger partial charge >= 0.3 is 5.69 Å². The summed E-state index contributed by atoms with van der Waals surface area (Å²) in [4.78, 5) is 34.1. The number of imidazole rings is 1. The summed E-state index contributed by atoms with van der Waals surface area (Å²) in [5, 5.41) is 9.20. The Kier molecular flexibility index (Phi) is 5.77. The molecule has 1 atom stereocenters. The Balaban J connectivity index is 1.67. The molecular weight excluding hydrogens is 410 g/mol. The van der Waals surface area contributed by atoms with Crippen LogP contribution in [0.4, 0.5) is 5.95 Å². The molecule has 3 aromatic rings. The zero-order valence-corrected chi connectivity index (χ0v) is 18.5. The van der Waals surface area contributed by atoms with Gasteiger partial charge in [0.1, 0.15) is 5.01 Å². The predicted molar refractivity (Wildman–Crippen MR) is 116 cm³/mol. The van der Waals surface area contributed by atoms with Gasteiger partial charge in [-0.2, -0.15) is 4.98 Å². The van der Waals surface area contributed by atoms with Crippen LogP contribution in [0.1, 0.15) is 31.2 Å². The number of nitrogens with one attached hydrogen (secondary N) is 1. The lowest BCUT2D eigenvalue weighted by Crippen LogP contribution is -2.33. The van der Waals surface area contributed by atoms with E-state index >= 15 is 0 Å². The summed E-state index contributed by atoms with van der Waals surface area (Å²) in [7, 11) is 1.65. The Hall–Kier alpha value is -2.14. The van der Waals surface area contributed by atoms with Crippen molar-refractivity contribution in [3.8, 4) is 0 Å². The molecule has 0 radical (unpaired) electrons. The number of aryl methyl sites for hydroxylation is 2. The first kappa shape index (κ1) is 20.1. The van der Waals surface area contributed by atoms with Crippen molar-refractivity contribution in [1.29, 1.82) is 0 Å². The number of nitrogens with zero attached hydrogens (tertiary/aromatic N) is 6. The number of rotatable bonds is 6. The van der Waals surface area contributed by atoms with Crippen molar-refractivity contribution >= 4 is 40.2 Å². The number of anilines is 1. The highest BCUT2D eigenvalue weighted by molar-refractivity contribution is 8.01. The fourth-order valence-corrected chi connectivity index (χ4v) is 5.49. The first-order valence-electron chi connectivity index (χ1n) is 9.81. The summed E-state index contributed by atoms with van der Waals surface area (Å²) in [6.45, 7) is 6.59. The number of hydrogen-bond acceptors (Lipinski definition) is 8. The van der Waals surface area contributed by atoms with Gasteiger partial charge < -0.3 is 9.47 Å². The van der Waals surface area contributed by atoms with Crippen molar-refractivity contribution in [3.63, 3.8) is 0 Å². The average molecular weight is 436 g/mol. The number of thioether (sulfide) groups is 1. The average Bonchev–Trinajstić information content (AvgIpc) is 3.29. The first-order chi connectivity index (χ1) is 13.9. The molecule has 1 aliphatic heterocycles. The molecule has 4 heterocycles. The number of fused-ring (bicyclic) bond motifs is 1. The zero-order valence-electron chi connectivity index (χ0n) is 16.8. The predicted octanol–water partition coefficient (Wildman–Crippen LogP) is 2.00. The van der Waals surface area contributed by atoms with Gasteiger partial charge in [-0.3, -0.25) is 14.3 Å². The molecule has 1 saturated heterocycles. The number of hydrogen-bond donors (Lipinski definition) is 1.